The minimum Gasteiger partial charge on any atom is -0.481 e. The van der Waals surface area contributed by atoms with E-state index in [2.05, 4.69) is 34.9 Å². The normalized spacial score (nSPS) is 14.0. The van der Waals surface area contributed by atoms with Gasteiger partial charge in [0.15, 0.2) is 0 Å². The van der Waals surface area contributed by atoms with Crippen LogP contribution < -0.4 is 10.6 Å². The maximum Gasteiger partial charge on any atom is 0.407 e. The van der Waals surface area contributed by atoms with Crippen LogP contribution in [0.5, 0.6) is 0 Å². The fourth-order valence-electron chi connectivity index (χ4n) is 4.43. The molecule has 1 aliphatic rings. The van der Waals surface area contributed by atoms with Crippen molar-refractivity contribution in [2.75, 3.05) is 6.61 Å². The van der Waals surface area contributed by atoms with Crippen LogP contribution in [-0.4, -0.2) is 41.3 Å². The van der Waals surface area contributed by atoms with E-state index in [4.69, 9.17) is 4.74 Å². The highest BCUT2D eigenvalue weighted by Crippen LogP contribution is 2.44. The first kappa shape index (κ1) is 26.3. The lowest BCUT2D eigenvalue weighted by Crippen LogP contribution is -2.57. The predicted octanol–water partition coefficient (Wildman–Crippen LogP) is 5.09. The molecule has 0 spiro atoms. The number of amides is 2. The van der Waals surface area contributed by atoms with Crippen LogP contribution in [0.4, 0.5) is 4.79 Å². The zero-order valence-electron chi connectivity index (χ0n) is 21.2. The summed E-state index contributed by atoms with van der Waals surface area (Å²) in [6, 6.07) is 15.9. The SMILES string of the molecule is CCC[C@H](CC(=O)NC(C)(C)C(C)(C)C(=O)O)NC(=O)OCC1c2ccccc2-c2ccccc21. The van der Waals surface area contributed by atoms with Gasteiger partial charge in [0.1, 0.15) is 6.61 Å². The van der Waals surface area contributed by atoms with Crippen molar-refractivity contribution >= 4 is 18.0 Å². The molecule has 0 unspecified atom stereocenters. The summed E-state index contributed by atoms with van der Waals surface area (Å²) in [7, 11) is 0. The van der Waals surface area contributed by atoms with Gasteiger partial charge in [0.05, 0.1) is 5.41 Å². The van der Waals surface area contributed by atoms with Crippen molar-refractivity contribution in [3.63, 3.8) is 0 Å². The molecule has 2 amide bonds. The number of hydrogen-bond acceptors (Lipinski definition) is 4. The summed E-state index contributed by atoms with van der Waals surface area (Å²) >= 11 is 0. The Morgan fingerprint density at radius 3 is 2.03 bits per heavy atom. The molecule has 1 atom stereocenters. The molecule has 188 valence electrons. The number of ether oxygens (including phenoxy) is 1. The highest BCUT2D eigenvalue weighted by atomic mass is 16.5. The standard InChI is InChI=1S/C28H36N2O5/c1-6-11-18(16-24(31)30-28(4,5)27(2,3)25(32)33)29-26(34)35-17-23-21-14-9-7-12-19(21)20-13-8-10-15-22(20)23/h7-10,12-15,18,23H,6,11,16-17H2,1-5H3,(H,29,34)(H,30,31)(H,32,33)/t18-/m1/s1. The van der Waals surface area contributed by atoms with Gasteiger partial charge in [-0.15, -0.1) is 0 Å². The molecule has 0 fully saturated rings. The summed E-state index contributed by atoms with van der Waals surface area (Å²) in [5.41, 5.74) is 2.44. The summed E-state index contributed by atoms with van der Waals surface area (Å²) in [6.07, 6.45) is 0.839. The molecule has 7 nitrogen and oxygen atoms in total. The van der Waals surface area contributed by atoms with Crippen molar-refractivity contribution in [3.05, 3.63) is 59.7 Å². The van der Waals surface area contributed by atoms with Crippen molar-refractivity contribution in [2.45, 2.75) is 71.4 Å². The molecule has 3 rings (SSSR count). The van der Waals surface area contributed by atoms with Crippen molar-refractivity contribution < 1.29 is 24.2 Å². The van der Waals surface area contributed by atoms with Gasteiger partial charge in [-0.3, -0.25) is 9.59 Å². The van der Waals surface area contributed by atoms with E-state index in [1.165, 1.54) is 0 Å². The summed E-state index contributed by atoms with van der Waals surface area (Å²) in [5, 5.41) is 15.2. The van der Waals surface area contributed by atoms with Gasteiger partial charge >= 0.3 is 12.1 Å². The van der Waals surface area contributed by atoms with Crippen molar-refractivity contribution in [3.8, 4) is 11.1 Å². The number of hydrogen-bond donors (Lipinski definition) is 3. The molecule has 7 heteroatoms. The fraction of sp³-hybridized carbons (Fsp3) is 0.464. The second-order valence-electron chi connectivity index (χ2n) is 10.3. The third kappa shape index (κ3) is 5.66. The molecular weight excluding hydrogens is 444 g/mol. The first-order valence-corrected chi connectivity index (χ1v) is 12.1. The van der Waals surface area contributed by atoms with E-state index in [0.717, 1.165) is 28.7 Å². The van der Waals surface area contributed by atoms with Gasteiger partial charge in [-0.25, -0.2) is 4.79 Å². The maximum absolute atomic E-state index is 12.7. The highest BCUT2D eigenvalue weighted by Gasteiger charge is 2.44. The topological polar surface area (TPSA) is 105 Å². The Bertz CT molecular complexity index is 1050. The number of carbonyl (C=O) groups is 3. The largest absolute Gasteiger partial charge is 0.481 e. The van der Waals surface area contributed by atoms with E-state index in [9.17, 15) is 19.5 Å². The molecule has 0 bridgehead atoms. The number of carboxylic acid groups (broad SMARTS) is 1. The van der Waals surface area contributed by atoms with Gasteiger partial charge in [0.25, 0.3) is 0 Å². The Morgan fingerprint density at radius 2 is 1.51 bits per heavy atom. The molecule has 3 N–H and O–H groups in total. The summed E-state index contributed by atoms with van der Waals surface area (Å²) in [6.45, 7) is 8.70. The number of aliphatic carboxylic acids is 1. The Morgan fingerprint density at radius 1 is 0.971 bits per heavy atom. The molecule has 2 aromatic carbocycles. The van der Waals surface area contributed by atoms with E-state index >= 15 is 0 Å². The zero-order chi connectivity index (χ0) is 25.8. The van der Waals surface area contributed by atoms with Crippen molar-refractivity contribution in [2.24, 2.45) is 5.41 Å². The predicted molar refractivity (Wildman–Crippen MR) is 135 cm³/mol. The molecule has 2 aromatic rings. The Kier molecular flexibility index (Phi) is 7.88. The molecule has 1 aliphatic carbocycles. The summed E-state index contributed by atoms with van der Waals surface area (Å²) in [4.78, 5) is 37.1. The van der Waals surface area contributed by atoms with E-state index < -0.39 is 29.1 Å². The van der Waals surface area contributed by atoms with Crippen LogP contribution in [0.15, 0.2) is 48.5 Å². The Hall–Kier alpha value is -3.35. The Balaban J connectivity index is 1.61. The molecule has 0 radical (unpaired) electrons. The van der Waals surface area contributed by atoms with Gasteiger partial charge in [-0.1, -0.05) is 61.9 Å². The number of nitrogens with one attached hydrogen (secondary N) is 2. The zero-order valence-corrected chi connectivity index (χ0v) is 21.2. The van der Waals surface area contributed by atoms with Crippen molar-refractivity contribution in [1.82, 2.24) is 10.6 Å². The first-order valence-electron chi connectivity index (χ1n) is 12.1. The van der Waals surface area contributed by atoms with Gasteiger partial charge in [-0.2, -0.15) is 0 Å². The van der Waals surface area contributed by atoms with Gasteiger partial charge in [0.2, 0.25) is 5.91 Å². The number of rotatable bonds is 10. The number of carboxylic acids is 1. The summed E-state index contributed by atoms with van der Waals surface area (Å²) < 4.78 is 5.63. The smallest absolute Gasteiger partial charge is 0.407 e. The summed E-state index contributed by atoms with van der Waals surface area (Å²) in [5.74, 6) is -1.36. The second-order valence-corrected chi connectivity index (χ2v) is 10.3. The maximum atomic E-state index is 12.7. The van der Waals surface area contributed by atoms with Gasteiger partial charge < -0.3 is 20.5 Å². The van der Waals surface area contributed by atoms with E-state index in [0.29, 0.717) is 6.42 Å². The van der Waals surface area contributed by atoms with Gasteiger partial charge in [-0.05, 0) is 56.4 Å². The molecule has 0 heterocycles. The van der Waals surface area contributed by atoms with Crippen LogP contribution in [0.3, 0.4) is 0 Å². The van der Waals surface area contributed by atoms with Gasteiger partial charge in [0, 0.05) is 23.9 Å². The number of carbonyl (C=O) groups excluding carboxylic acids is 2. The van der Waals surface area contributed by atoms with E-state index in [1.54, 1.807) is 27.7 Å². The number of alkyl carbamates (subject to hydrolysis) is 1. The molecule has 0 saturated carbocycles. The third-order valence-electron chi connectivity index (χ3n) is 7.28. The van der Waals surface area contributed by atoms with E-state index in [-0.39, 0.29) is 24.9 Å². The molecular formula is C28H36N2O5. The average molecular weight is 481 g/mol. The molecule has 35 heavy (non-hydrogen) atoms. The quantitative estimate of drug-likeness (QED) is 0.439. The van der Waals surface area contributed by atoms with Crippen LogP contribution in [0, 0.1) is 5.41 Å². The minimum absolute atomic E-state index is 0.0389. The lowest BCUT2D eigenvalue weighted by Gasteiger charge is -2.39. The van der Waals surface area contributed by atoms with Crippen LogP contribution >= 0.6 is 0 Å². The molecule has 0 aliphatic heterocycles. The van der Waals surface area contributed by atoms with Crippen LogP contribution in [0.1, 0.15) is 70.9 Å². The second kappa shape index (κ2) is 10.5. The lowest BCUT2D eigenvalue weighted by molar-refractivity contribution is -0.151. The first-order chi connectivity index (χ1) is 16.5. The Labute approximate surface area is 207 Å². The fourth-order valence-corrected chi connectivity index (χ4v) is 4.43. The number of fused-ring (bicyclic) bond motifs is 3. The lowest BCUT2D eigenvalue weighted by atomic mass is 9.74. The van der Waals surface area contributed by atoms with Crippen LogP contribution in [0.25, 0.3) is 11.1 Å². The third-order valence-corrected chi connectivity index (χ3v) is 7.28. The minimum atomic E-state index is -1.16. The monoisotopic (exact) mass is 480 g/mol. The average Bonchev–Trinajstić information content (AvgIpc) is 3.11. The van der Waals surface area contributed by atoms with Crippen LogP contribution in [-0.2, 0) is 14.3 Å². The van der Waals surface area contributed by atoms with E-state index in [1.807, 2.05) is 31.2 Å². The van der Waals surface area contributed by atoms with Crippen LogP contribution in [0.2, 0.25) is 0 Å². The molecule has 0 saturated heterocycles. The highest BCUT2D eigenvalue weighted by molar-refractivity contribution is 5.82. The molecule has 0 aromatic heterocycles. The van der Waals surface area contributed by atoms with Crippen molar-refractivity contribution in [1.29, 1.82) is 0 Å². The number of benzene rings is 2.